The van der Waals surface area contributed by atoms with Crippen molar-refractivity contribution in [2.24, 2.45) is 0 Å². The highest BCUT2D eigenvalue weighted by Gasteiger charge is 2.48. The molecular formula is C17H20O8. The standard InChI is InChI=1S/C17H20O8/c1-9(18)17(24)7-13(21)16(23)14(8-17)25-15(22)5-3-10-2-4-11(19)12(20)6-10/h2-6,13-14,16,19-21,23-24H,7-8H2,1H3/b5-3-/t13-,14-,16-,17+/m1/s1. The molecule has 0 radical (unpaired) electrons. The third-order valence-corrected chi connectivity index (χ3v) is 4.20. The lowest BCUT2D eigenvalue weighted by atomic mass is 9.77. The smallest absolute Gasteiger partial charge is 0.331 e. The number of carbonyl (C=O) groups excluding carboxylic acids is 2. The van der Waals surface area contributed by atoms with Crippen LogP contribution in [-0.2, 0) is 14.3 Å². The molecule has 1 aliphatic carbocycles. The minimum absolute atomic E-state index is 0.303. The van der Waals surface area contributed by atoms with Crippen molar-refractivity contribution >= 4 is 17.8 Å². The summed E-state index contributed by atoms with van der Waals surface area (Å²) in [6.07, 6.45) is -2.40. The normalized spacial score (nSPS) is 29.5. The highest BCUT2D eigenvalue weighted by atomic mass is 16.6. The minimum atomic E-state index is -1.87. The number of aliphatic hydroxyl groups is 3. The number of rotatable bonds is 4. The summed E-state index contributed by atoms with van der Waals surface area (Å²) in [6.45, 7) is 1.15. The fourth-order valence-electron chi connectivity index (χ4n) is 2.65. The quantitative estimate of drug-likeness (QED) is 0.286. The number of ketones is 1. The number of phenols is 2. The van der Waals surface area contributed by atoms with E-state index in [1.807, 2.05) is 0 Å². The average molecular weight is 352 g/mol. The van der Waals surface area contributed by atoms with Gasteiger partial charge < -0.3 is 30.3 Å². The summed E-state index contributed by atoms with van der Waals surface area (Å²) < 4.78 is 5.04. The minimum Gasteiger partial charge on any atom is -0.504 e. The van der Waals surface area contributed by atoms with E-state index in [2.05, 4.69) is 0 Å². The topological polar surface area (TPSA) is 145 Å². The molecule has 2 rings (SSSR count). The molecule has 0 spiro atoms. The van der Waals surface area contributed by atoms with Crippen LogP contribution in [0.25, 0.3) is 6.08 Å². The fourth-order valence-corrected chi connectivity index (χ4v) is 2.65. The zero-order chi connectivity index (χ0) is 18.8. The van der Waals surface area contributed by atoms with Gasteiger partial charge >= 0.3 is 5.97 Å². The summed E-state index contributed by atoms with van der Waals surface area (Å²) >= 11 is 0. The molecule has 0 unspecified atom stereocenters. The molecular weight excluding hydrogens is 332 g/mol. The number of benzene rings is 1. The molecule has 8 heteroatoms. The molecule has 5 N–H and O–H groups in total. The Bertz CT molecular complexity index is 698. The van der Waals surface area contributed by atoms with Crippen molar-refractivity contribution in [1.82, 2.24) is 0 Å². The monoisotopic (exact) mass is 352 g/mol. The van der Waals surface area contributed by atoms with Crippen molar-refractivity contribution in [1.29, 1.82) is 0 Å². The van der Waals surface area contributed by atoms with Gasteiger partial charge in [-0.05, 0) is 30.7 Å². The molecule has 1 fully saturated rings. The van der Waals surface area contributed by atoms with Gasteiger partial charge in [0, 0.05) is 18.9 Å². The van der Waals surface area contributed by atoms with Gasteiger partial charge in [-0.25, -0.2) is 4.79 Å². The van der Waals surface area contributed by atoms with Crippen LogP contribution in [0, 0.1) is 0 Å². The number of hydrogen-bond donors (Lipinski definition) is 5. The molecule has 0 amide bonds. The van der Waals surface area contributed by atoms with E-state index in [4.69, 9.17) is 4.74 Å². The summed E-state index contributed by atoms with van der Waals surface area (Å²) in [5.74, 6) is -2.11. The Labute approximate surface area is 143 Å². The van der Waals surface area contributed by atoms with Crippen LogP contribution < -0.4 is 0 Å². The largest absolute Gasteiger partial charge is 0.504 e. The van der Waals surface area contributed by atoms with E-state index in [0.717, 1.165) is 13.0 Å². The van der Waals surface area contributed by atoms with E-state index in [1.54, 1.807) is 0 Å². The third-order valence-electron chi connectivity index (χ3n) is 4.20. The Morgan fingerprint density at radius 3 is 2.48 bits per heavy atom. The molecule has 1 aromatic rings. The van der Waals surface area contributed by atoms with Crippen LogP contribution in [-0.4, -0.2) is 61.2 Å². The molecule has 1 saturated carbocycles. The Hall–Kier alpha value is -2.42. The van der Waals surface area contributed by atoms with Crippen LogP contribution in [0.4, 0.5) is 0 Å². The first-order valence-corrected chi connectivity index (χ1v) is 7.62. The number of ether oxygens (including phenoxy) is 1. The van der Waals surface area contributed by atoms with Crippen molar-refractivity contribution in [3.05, 3.63) is 29.8 Å². The second-order valence-electron chi connectivity index (χ2n) is 6.11. The van der Waals surface area contributed by atoms with E-state index >= 15 is 0 Å². The van der Waals surface area contributed by atoms with Crippen molar-refractivity contribution < 1.29 is 39.9 Å². The molecule has 136 valence electrons. The van der Waals surface area contributed by atoms with Crippen LogP contribution in [0.1, 0.15) is 25.3 Å². The Kier molecular flexibility index (Phi) is 5.46. The maximum Gasteiger partial charge on any atom is 0.331 e. The maximum absolute atomic E-state index is 11.9. The summed E-state index contributed by atoms with van der Waals surface area (Å²) in [6, 6.07) is 3.92. The summed E-state index contributed by atoms with van der Waals surface area (Å²) in [5.41, 5.74) is -1.45. The SMILES string of the molecule is CC(=O)[C@]1(O)C[C@@H](O)[C@@H](O)[C@H](OC(=O)/C=C\c2ccc(O)c(O)c2)C1. The van der Waals surface area contributed by atoms with Crippen molar-refractivity contribution in [3.63, 3.8) is 0 Å². The lowest BCUT2D eigenvalue weighted by Gasteiger charge is -2.40. The van der Waals surface area contributed by atoms with Crippen LogP contribution in [0.15, 0.2) is 24.3 Å². The van der Waals surface area contributed by atoms with E-state index in [-0.39, 0.29) is 24.3 Å². The van der Waals surface area contributed by atoms with Gasteiger partial charge in [0.1, 0.15) is 17.8 Å². The fraction of sp³-hybridized carbons (Fsp3) is 0.412. The van der Waals surface area contributed by atoms with Crippen LogP contribution in [0.2, 0.25) is 0 Å². The van der Waals surface area contributed by atoms with Crippen molar-refractivity contribution in [2.75, 3.05) is 0 Å². The van der Waals surface area contributed by atoms with Gasteiger partial charge in [0.05, 0.1) is 6.10 Å². The molecule has 1 aliphatic rings. The van der Waals surface area contributed by atoms with Gasteiger partial charge in [-0.2, -0.15) is 0 Å². The van der Waals surface area contributed by atoms with Gasteiger partial charge in [0.15, 0.2) is 17.3 Å². The Balaban J connectivity index is 2.06. The zero-order valence-corrected chi connectivity index (χ0v) is 13.5. The van der Waals surface area contributed by atoms with E-state index < -0.39 is 35.7 Å². The lowest BCUT2D eigenvalue weighted by molar-refractivity contribution is -0.185. The number of Topliss-reactive ketones (excluding diaryl/α,β-unsaturated/α-hetero) is 1. The average Bonchev–Trinajstić information content (AvgIpc) is 2.53. The van der Waals surface area contributed by atoms with Crippen LogP contribution >= 0.6 is 0 Å². The van der Waals surface area contributed by atoms with Gasteiger partial charge in [0.2, 0.25) is 0 Å². The highest BCUT2D eigenvalue weighted by molar-refractivity contribution is 5.88. The maximum atomic E-state index is 11.9. The first-order valence-electron chi connectivity index (χ1n) is 7.62. The summed E-state index contributed by atoms with van der Waals surface area (Å²) in [4.78, 5) is 23.4. The second-order valence-corrected chi connectivity index (χ2v) is 6.11. The Morgan fingerprint density at radius 1 is 1.20 bits per heavy atom. The first-order chi connectivity index (χ1) is 11.6. The number of aromatic hydroxyl groups is 2. The van der Waals surface area contributed by atoms with Gasteiger partial charge in [-0.3, -0.25) is 4.79 Å². The number of aliphatic hydroxyl groups excluding tert-OH is 2. The Morgan fingerprint density at radius 2 is 1.88 bits per heavy atom. The van der Waals surface area contributed by atoms with E-state index in [1.165, 1.54) is 24.3 Å². The summed E-state index contributed by atoms with van der Waals surface area (Å²) in [5, 5.41) is 48.5. The van der Waals surface area contributed by atoms with E-state index in [9.17, 15) is 35.1 Å². The summed E-state index contributed by atoms with van der Waals surface area (Å²) in [7, 11) is 0. The predicted octanol–water partition coefficient (Wildman–Crippen LogP) is -0.142. The molecule has 8 nitrogen and oxygen atoms in total. The van der Waals surface area contributed by atoms with Gasteiger partial charge in [-0.1, -0.05) is 6.07 Å². The molecule has 0 heterocycles. The van der Waals surface area contributed by atoms with Gasteiger partial charge in [0.25, 0.3) is 0 Å². The highest BCUT2D eigenvalue weighted by Crippen LogP contribution is 2.32. The number of carbonyl (C=O) groups is 2. The first kappa shape index (κ1) is 18.9. The number of phenolic OH excluding ortho intramolecular Hbond substituents is 2. The van der Waals surface area contributed by atoms with Crippen molar-refractivity contribution in [3.8, 4) is 11.5 Å². The molecule has 0 aliphatic heterocycles. The number of hydrogen-bond acceptors (Lipinski definition) is 8. The third kappa shape index (κ3) is 4.36. The van der Waals surface area contributed by atoms with Crippen LogP contribution in [0.3, 0.4) is 0 Å². The molecule has 0 saturated heterocycles. The lowest BCUT2D eigenvalue weighted by Crippen LogP contribution is -2.56. The van der Waals surface area contributed by atoms with Gasteiger partial charge in [-0.15, -0.1) is 0 Å². The van der Waals surface area contributed by atoms with E-state index in [0.29, 0.717) is 5.56 Å². The number of esters is 1. The molecule has 1 aromatic carbocycles. The second kappa shape index (κ2) is 7.22. The zero-order valence-electron chi connectivity index (χ0n) is 13.5. The predicted molar refractivity (Wildman–Crippen MR) is 85.6 cm³/mol. The van der Waals surface area contributed by atoms with Crippen molar-refractivity contribution in [2.45, 2.75) is 43.7 Å². The van der Waals surface area contributed by atoms with Crippen LogP contribution in [0.5, 0.6) is 11.5 Å². The molecule has 0 aromatic heterocycles. The molecule has 0 bridgehead atoms. The molecule has 25 heavy (non-hydrogen) atoms. The molecule has 4 atom stereocenters.